The maximum atomic E-state index is 11.0. The molecule has 2 rings (SSSR count). The van der Waals surface area contributed by atoms with Crippen LogP contribution in [-0.4, -0.2) is 5.91 Å². The number of hydrogen-bond donors (Lipinski definition) is 2. The van der Waals surface area contributed by atoms with Crippen molar-refractivity contribution in [2.45, 2.75) is 13.5 Å². The molecule has 3 N–H and O–H groups in total. The van der Waals surface area contributed by atoms with Crippen molar-refractivity contribution in [3.8, 4) is 0 Å². The number of benzene rings is 1. The van der Waals surface area contributed by atoms with Gasteiger partial charge in [0.1, 0.15) is 5.76 Å². The molecule has 0 radical (unpaired) electrons. The second kappa shape index (κ2) is 5.14. The number of carbonyl (C=O) groups is 1. The van der Waals surface area contributed by atoms with Gasteiger partial charge in [-0.1, -0.05) is 0 Å². The van der Waals surface area contributed by atoms with E-state index in [9.17, 15) is 4.79 Å². The van der Waals surface area contributed by atoms with Gasteiger partial charge >= 0.3 is 0 Å². The maximum Gasteiger partial charge on any atom is 0.248 e. The molecule has 18 heavy (non-hydrogen) atoms. The number of primary amides is 1. The van der Waals surface area contributed by atoms with E-state index < -0.39 is 5.91 Å². The summed E-state index contributed by atoms with van der Waals surface area (Å²) in [7, 11) is 0. The van der Waals surface area contributed by atoms with Crippen molar-refractivity contribution < 1.29 is 9.21 Å². The predicted octanol–water partition coefficient (Wildman–Crippen LogP) is 2.95. The van der Waals surface area contributed by atoms with Crippen LogP contribution in [0.3, 0.4) is 0 Å². The smallest absolute Gasteiger partial charge is 0.248 e. The highest BCUT2D eigenvalue weighted by atomic mass is 35.5. The third kappa shape index (κ3) is 2.84. The zero-order chi connectivity index (χ0) is 13.1. The van der Waals surface area contributed by atoms with Crippen LogP contribution in [0.5, 0.6) is 0 Å². The summed E-state index contributed by atoms with van der Waals surface area (Å²) in [6.07, 6.45) is 0. The lowest BCUT2D eigenvalue weighted by atomic mass is 10.1. The molecule has 4 nitrogen and oxygen atoms in total. The molecule has 0 unspecified atom stereocenters. The first-order chi connectivity index (χ1) is 8.56. The van der Waals surface area contributed by atoms with Gasteiger partial charge in [0.2, 0.25) is 5.91 Å². The number of halogens is 1. The summed E-state index contributed by atoms with van der Waals surface area (Å²) in [4.78, 5) is 11.0. The highest BCUT2D eigenvalue weighted by Gasteiger charge is 2.05. The monoisotopic (exact) mass is 264 g/mol. The van der Waals surface area contributed by atoms with Gasteiger partial charge in [-0.05, 0) is 54.4 Å². The number of furan rings is 1. The van der Waals surface area contributed by atoms with Crippen molar-refractivity contribution in [1.29, 1.82) is 0 Å². The van der Waals surface area contributed by atoms with E-state index in [-0.39, 0.29) is 0 Å². The van der Waals surface area contributed by atoms with Crippen LogP contribution in [0.1, 0.15) is 21.7 Å². The van der Waals surface area contributed by atoms with Crippen LogP contribution in [0, 0.1) is 6.92 Å². The Morgan fingerprint density at radius 1 is 1.39 bits per heavy atom. The first-order valence-electron chi connectivity index (χ1n) is 5.45. The normalized spacial score (nSPS) is 10.3. The van der Waals surface area contributed by atoms with E-state index in [2.05, 4.69) is 5.32 Å². The number of nitrogens with two attached hydrogens (primary N) is 1. The number of anilines is 1. The molecule has 0 bridgehead atoms. The number of amides is 1. The molecule has 0 atom stereocenters. The van der Waals surface area contributed by atoms with Crippen LogP contribution in [0.4, 0.5) is 5.69 Å². The van der Waals surface area contributed by atoms with Gasteiger partial charge in [0, 0.05) is 11.3 Å². The average molecular weight is 265 g/mol. The minimum atomic E-state index is -0.428. The molecule has 1 amide bonds. The summed E-state index contributed by atoms with van der Waals surface area (Å²) in [6, 6.07) is 8.76. The van der Waals surface area contributed by atoms with Crippen molar-refractivity contribution in [2.24, 2.45) is 5.73 Å². The van der Waals surface area contributed by atoms with Crippen LogP contribution >= 0.6 is 11.6 Å². The number of hydrogen-bond acceptors (Lipinski definition) is 3. The first kappa shape index (κ1) is 12.5. The Hall–Kier alpha value is -1.94. The highest BCUT2D eigenvalue weighted by molar-refractivity contribution is 6.28. The van der Waals surface area contributed by atoms with Gasteiger partial charge in [0.25, 0.3) is 0 Å². The second-order valence-corrected chi connectivity index (χ2v) is 4.33. The third-order valence-electron chi connectivity index (χ3n) is 2.59. The summed E-state index contributed by atoms with van der Waals surface area (Å²) < 4.78 is 5.24. The zero-order valence-electron chi connectivity index (χ0n) is 9.87. The predicted molar refractivity (Wildman–Crippen MR) is 70.7 cm³/mol. The topological polar surface area (TPSA) is 68.3 Å². The number of rotatable bonds is 4. The van der Waals surface area contributed by atoms with E-state index in [0.717, 1.165) is 17.0 Å². The van der Waals surface area contributed by atoms with Gasteiger partial charge < -0.3 is 15.5 Å². The first-order valence-corrected chi connectivity index (χ1v) is 5.82. The molecule has 0 saturated carbocycles. The molecule has 5 heteroatoms. The second-order valence-electron chi connectivity index (χ2n) is 3.95. The molecule has 1 heterocycles. The lowest BCUT2D eigenvalue weighted by Gasteiger charge is -2.09. The molecule has 2 aromatic rings. The van der Waals surface area contributed by atoms with Gasteiger partial charge in [-0.3, -0.25) is 4.79 Å². The Kier molecular flexibility index (Phi) is 3.58. The summed E-state index contributed by atoms with van der Waals surface area (Å²) in [5, 5.41) is 3.57. The van der Waals surface area contributed by atoms with Gasteiger partial charge in [0.05, 0.1) is 6.54 Å². The van der Waals surface area contributed by atoms with E-state index in [4.69, 9.17) is 21.8 Å². The van der Waals surface area contributed by atoms with Crippen molar-refractivity contribution in [1.82, 2.24) is 0 Å². The minimum absolute atomic E-state index is 0.368. The Balaban J connectivity index is 2.08. The van der Waals surface area contributed by atoms with Gasteiger partial charge in [-0.15, -0.1) is 0 Å². The van der Waals surface area contributed by atoms with Crippen molar-refractivity contribution >= 4 is 23.2 Å². The Morgan fingerprint density at radius 3 is 2.72 bits per heavy atom. The minimum Gasteiger partial charge on any atom is -0.448 e. The number of aryl methyl sites for hydroxylation is 1. The summed E-state index contributed by atoms with van der Waals surface area (Å²) in [6.45, 7) is 2.44. The molecule has 1 aromatic heterocycles. The summed E-state index contributed by atoms with van der Waals surface area (Å²) in [5.41, 5.74) is 7.58. The molecule has 0 aliphatic heterocycles. The average Bonchev–Trinajstić information content (AvgIpc) is 2.73. The third-order valence-corrected chi connectivity index (χ3v) is 2.80. The number of carbonyl (C=O) groups excluding carboxylic acids is 1. The standard InChI is InChI=1S/C13H13ClN2O2/c1-8-6-9(13(15)17)2-4-11(8)16-7-10-3-5-12(14)18-10/h2-6,16H,7H2,1H3,(H2,15,17). The number of nitrogens with one attached hydrogen (secondary N) is 1. The van der Waals surface area contributed by atoms with Crippen LogP contribution in [-0.2, 0) is 6.54 Å². The zero-order valence-corrected chi connectivity index (χ0v) is 10.6. The summed E-state index contributed by atoms with van der Waals surface area (Å²) in [5.74, 6) is 0.320. The molecule has 0 spiro atoms. The van der Waals surface area contributed by atoms with Gasteiger partial charge in [-0.2, -0.15) is 0 Å². The van der Waals surface area contributed by atoms with Crippen molar-refractivity contribution in [3.63, 3.8) is 0 Å². The lowest BCUT2D eigenvalue weighted by molar-refractivity contribution is 0.1000. The molecule has 94 valence electrons. The van der Waals surface area contributed by atoms with Crippen LogP contribution in [0.25, 0.3) is 0 Å². The SMILES string of the molecule is Cc1cc(C(N)=O)ccc1NCc1ccc(Cl)o1. The van der Waals surface area contributed by atoms with Crippen molar-refractivity contribution in [2.75, 3.05) is 5.32 Å². The highest BCUT2D eigenvalue weighted by Crippen LogP contribution is 2.19. The molecule has 0 aliphatic rings. The summed E-state index contributed by atoms with van der Waals surface area (Å²) >= 11 is 5.68. The van der Waals surface area contributed by atoms with Crippen molar-refractivity contribution in [3.05, 3.63) is 52.4 Å². The van der Waals surface area contributed by atoms with E-state index in [1.165, 1.54) is 0 Å². The van der Waals surface area contributed by atoms with E-state index in [1.807, 2.05) is 19.1 Å². The fraction of sp³-hybridized carbons (Fsp3) is 0.154. The quantitative estimate of drug-likeness (QED) is 0.892. The molecule has 0 saturated heterocycles. The van der Waals surface area contributed by atoms with Crippen LogP contribution in [0.2, 0.25) is 5.22 Å². The maximum absolute atomic E-state index is 11.0. The fourth-order valence-corrected chi connectivity index (χ4v) is 1.81. The molecule has 0 aliphatic carbocycles. The van der Waals surface area contributed by atoms with Crippen LogP contribution < -0.4 is 11.1 Å². The van der Waals surface area contributed by atoms with E-state index in [0.29, 0.717) is 17.3 Å². The molecule has 0 fully saturated rings. The Bertz CT molecular complexity index is 578. The van der Waals surface area contributed by atoms with E-state index >= 15 is 0 Å². The Labute approximate surface area is 110 Å². The van der Waals surface area contributed by atoms with Gasteiger partial charge in [0.15, 0.2) is 5.22 Å². The molecule has 1 aromatic carbocycles. The largest absolute Gasteiger partial charge is 0.448 e. The fourth-order valence-electron chi connectivity index (χ4n) is 1.64. The Morgan fingerprint density at radius 2 is 2.17 bits per heavy atom. The molecular weight excluding hydrogens is 252 g/mol. The van der Waals surface area contributed by atoms with E-state index in [1.54, 1.807) is 18.2 Å². The van der Waals surface area contributed by atoms with Crippen LogP contribution in [0.15, 0.2) is 34.7 Å². The van der Waals surface area contributed by atoms with Gasteiger partial charge in [-0.25, -0.2) is 0 Å². The molecular formula is C13H13ClN2O2. The lowest BCUT2D eigenvalue weighted by Crippen LogP contribution is -2.11.